The van der Waals surface area contributed by atoms with Gasteiger partial charge in [0.15, 0.2) is 5.01 Å². The van der Waals surface area contributed by atoms with E-state index in [0.29, 0.717) is 33.6 Å². The monoisotopic (exact) mass is 557 g/mol. The van der Waals surface area contributed by atoms with Gasteiger partial charge in [0.2, 0.25) is 5.78 Å². The summed E-state index contributed by atoms with van der Waals surface area (Å²) in [7, 11) is -1.26. The molecule has 11 heteroatoms. The van der Waals surface area contributed by atoms with Crippen LogP contribution < -0.4 is 4.72 Å². The number of ketones is 1. The smallest absolute Gasteiger partial charge is 0.419 e. The van der Waals surface area contributed by atoms with Crippen LogP contribution in [0, 0.1) is 0 Å². The molecule has 0 amide bonds. The van der Waals surface area contributed by atoms with E-state index in [1.165, 1.54) is 22.1 Å². The molecule has 3 rings (SSSR count). The van der Waals surface area contributed by atoms with Crippen LogP contribution in [0.4, 0.5) is 4.79 Å². The number of nitrogens with one attached hydrogen (secondary N) is 1. The van der Waals surface area contributed by atoms with Gasteiger partial charge in [0.25, 0.3) is 0 Å². The van der Waals surface area contributed by atoms with E-state index in [-0.39, 0.29) is 38.8 Å². The fraction of sp³-hybridized carbons (Fsp3) is 0.458. The Kier molecular flexibility index (Phi) is 10.8. The van der Waals surface area contributed by atoms with Crippen LogP contribution in [0.3, 0.4) is 0 Å². The van der Waals surface area contributed by atoms with E-state index in [1.807, 2.05) is 45.2 Å². The fourth-order valence-electron chi connectivity index (χ4n) is 3.15. The first-order chi connectivity index (χ1) is 15.3. The Morgan fingerprint density at radius 2 is 1.77 bits per heavy atom. The first-order valence-electron chi connectivity index (χ1n) is 10.8. The number of ether oxygens (including phenoxy) is 1. The molecule has 0 radical (unpaired) electrons. The van der Waals surface area contributed by atoms with Gasteiger partial charge in [-0.05, 0) is 54.0 Å². The molecule has 194 valence electrons. The van der Waals surface area contributed by atoms with Crippen molar-refractivity contribution < 1.29 is 18.5 Å². The first-order valence-corrected chi connectivity index (χ1v) is 12.9. The number of nitrogens with zero attached hydrogens (tertiary/aromatic N) is 2. The fourth-order valence-corrected chi connectivity index (χ4v) is 4.87. The second-order valence-electron chi connectivity index (χ2n) is 9.78. The molecule has 2 heterocycles. The van der Waals surface area contributed by atoms with Gasteiger partial charge in [-0.15, -0.1) is 11.3 Å². The van der Waals surface area contributed by atoms with Gasteiger partial charge in [0.05, 0.1) is 38.5 Å². The summed E-state index contributed by atoms with van der Waals surface area (Å²) >= 11 is 1.24. The van der Waals surface area contributed by atoms with Crippen LogP contribution in [0.1, 0.15) is 82.0 Å². The minimum Gasteiger partial charge on any atom is -0.443 e. The zero-order valence-electron chi connectivity index (χ0n) is 21.1. The molecule has 35 heavy (non-hydrogen) atoms. The van der Waals surface area contributed by atoms with Crippen molar-refractivity contribution in [1.82, 2.24) is 14.3 Å². The van der Waals surface area contributed by atoms with E-state index >= 15 is 0 Å². The zero-order valence-corrected chi connectivity index (χ0v) is 24.7. The Balaban J connectivity index is 0.00000306. The van der Waals surface area contributed by atoms with Crippen molar-refractivity contribution in [2.24, 2.45) is 0 Å². The predicted octanol–water partition coefficient (Wildman–Crippen LogP) is 5.84. The minimum atomic E-state index is -1.26. The van der Waals surface area contributed by atoms with Crippen molar-refractivity contribution in [2.75, 3.05) is 0 Å². The van der Waals surface area contributed by atoms with Crippen molar-refractivity contribution >= 4 is 72.1 Å². The van der Waals surface area contributed by atoms with Crippen molar-refractivity contribution in [3.63, 3.8) is 0 Å². The maximum absolute atomic E-state index is 13.4. The molecule has 0 fully saturated rings. The summed E-state index contributed by atoms with van der Waals surface area (Å²) in [6.07, 6.45) is 1.65. The first kappa shape index (κ1) is 31.4. The van der Waals surface area contributed by atoms with Gasteiger partial charge in [-0.2, -0.15) is 27.0 Å². The number of hydrogen-bond donors (Lipinski definition) is 1. The molecule has 0 bridgehead atoms. The number of carbonyl (C=O) groups is 2. The lowest BCUT2D eigenvalue weighted by molar-refractivity contribution is 0.0544. The maximum Gasteiger partial charge on any atom is 0.419 e. The maximum atomic E-state index is 13.4. The molecule has 0 saturated carbocycles. The zero-order chi connectivity index (χ0) is 24.6. The Bertz CT molecular complexity index is 1210. The summed E-state index contributed by atoms with van der Waals surface area (Å²) in [5.74, 6) is -0.267. The lowest BCUT2D eigenvalue weighted by atomic mass is 10.1. The molecule has 2 aromatic heterocycles. The SMILES string of the molecule is CC[C@H](N[S@@](=O)C(C)(C)C)c1csc(C(=O)c2cn(C(=O)OC(C)(C)C)c3ccccc23)n1.S.S. The lowest BCUT2D eigenvalue weighted by Gasteiger charge is -2.22. The highest BCUT2D eigenvalue weighted by molar-refractivity contribution is 7.84. The summed E-state index contributed by atoms with van der Waals surface area (Å²) in [4.78, 5) is 30.7. The molecule has 1 aromatic carbocycles. The minimum absolute atomic E-state index is 0. The quantitative estimate of drug-likeness (QED) is 0.385. The van der Waals surface area contributed by atoms with E-state index in [0.717, 1.165) is 0 Å². The molecule has 0 aliphatic carbocycles. The van der Waals surface area contributed by atoms with Crippen LogP contribution in [0.2, 0.25) is 0 Å². The number of thiazole rings is 1. The van der Waals surface area contributed by atoms with E-state index in [2.05, 4.69) is 9.71 Å². The number of aromatic nitrogens is 2. The topological polar surface area (TPSA) is 90.3 Å². The number of hydrogen-bond acceptors (Lipinski definition) is 6. The second kappa shape index (κ2) is 12.1. The predicted molar refractivity (Wildman–Crippen MR) is 154 cm³/mol. The standard InChI is InChI=1S/C24H31N3O4S2.2H2S/c1-8-17(26-33(30)24(5,6)7)18-14-32-21(25-18)20(28)16-13-27(22(29)31-23(2,3)4)19-12-10-9-11-15(16)19;;/h9-14,17,26H,8H2,1-7H3;2*1H2/t17-,33-;;/m0../s1. The van der Waals surface area contributed by atoms with Crippen molar-refractivity contribution in [3.05, 3.63) is 52.1 Å². The van der Waals surface area contributed by atoms with Crippen LogP contribution in [0.5, 0.6) is 0 Å². The van der Waals surface area contributed by atoms with Gasteiger partial charge in [0, 0.05) is 17.0 Å². The molecule has 2 atom stereocenters. The average molecular weight is 558 g/mol. The third-order valence-electron chi connectivity index (χ3n) is 4.83. The van der Waals surface area contributed by atoms with Gasteiger partial charge in [-0.1, -0.05) is 25.1 Å². The normalized spacial score (nSPS) is 13.5. The molecule has 7 nitrogen and oxygen atoms in total. The van der Waals surface area contributed by atoms with Gasteiger partial charge < -0.3 is 4.74 Å². The highest BCUT2D eigenvalue weighted by atomic mass is 32.2. The van der Waals surface area contributed by atoms with Gasteiger partial charge in [-0.25, -0.2) is 18.7 Å². The summed E-state index contributed by atoms with van der Waals surface area (Å²) in [5.41, 5.74) is 1.00. The van der Waals surface area contributed by atoms with Crippen LogP contribution in [-0.2, 0) is 15.7 Å². The van der Waals surface area contributed by atoms with Crippen LogP contribution >= 0.6 is 38.3 Å². The van der Waals surface area contributed by atoms with E-state index in [4.69, 9.17) is 4.74 Å². The molecule has 1 N–H and O–H groups in total. The van der Waals surface area contributed by atoms with E-state index in [1.54, 1.807) is 32.9 Å². The third kappa shape index (κ3) is 7.42. The van der Waals surface area contributed by atoms with Crippen LogP contribution in [0.25, 0.3) is 10.9 Å². The number of benzene rings is 1. The molecule has 0 aliphatic heterocycles. The van der Waals surface area contributed by atoms with Gasteiger partial charge >= 0.3 is 6.09 Å². The third-order valence-corrected chi connectivity index (χ3v) is 7.30. The molecule has 0 unspecified atom stereocenters. The lowest BCUT2D eigenvalue weighted by Crippen LogP contribution is -2.35. The molecule has 0 spiro atoms. The van der Waals surface area contributed by atoms with Crippen LogP contribution in [-0.4, -0.2) is 36.0 Å². The van der Waals surface area contributed by atoms with E-state index < -0.39 is 27.4 Å². The average Bonchev–Trinajstić information content (AvgIpc) is 3.35. The Hall–Kier alpha value is -1.66. The van der Waals surface area contributed by atoms with Crippen LogP contribution in [0.15, 0.2) is 35.8 Å². The second-order valence-corrected chi connectivity index (χ2v) is 12.6. The number of para-hydroxylation sites is 1. The Morgan fingerprint density at radius 3 is 2.34 bits per heavy atom. The summed E-state index contributed by atoms with van der Waals surface area (Å²) in [6, 6.07) is 6.99. The molecule has 0 saturated heterocycles. The van der Waals surface area contributed by atoms with E-state index in [9.17, 15) is 13.8 Å². The van der Waals surface area contributed by atoms with Crippen molar-refractivity contribution in [1.29, 1.82) is 0 Å². The Labute approximate surface area is 227 Å². The number of carbonyl (C=O) groups excluding carboxylic acids is 2. The largest absolute Gasteiger partial charge is 0.443 e. The van der Waals surface area contributed by atoms with Crippen molar-refractivity contribution in [2.45, 2.75) is 71.3 Å². The Morgan fingerprint density at radius 1 is 1.14 bits per heavy atom. The van der Waals surface area contributed by atoms with Gasteiger partial charge in [-0.3, -0.25) is 9.36 Å². The van der Waals surface area contributed by atoms with Gasteiger partial charge in [0.1, 0.15) is 5.60 Å². The highest BCUT2D eigenvalue weighted by Crippen LogP contribution is 2.28. The highest BCUT2D eigenvalue weighted by Gasteiger charge is 2.27. The summed E-state index contributed by atoms with van der Waals surface area (Å²) in [6.45, 7) is 13.1. The number of fused-ring (bicyclic) bond motifs is 1. The number of rotatable bonds is 6. The molecular formula is C24H35N3O4S4. The summed E-state index contributed by atoms with van der Waals surface area (Å²) < 4.78 is 22.1. The molecule has 0 aliphatic rings. The molecular weight excluding hydrogens is 523 g/mol. The van der Waals surface area contributed by atoms with Crippen molar-refractivity contribution in [3.8, 4) is 0 Å². The molecule has 3 aromatic rings. The summed E-state index contributed by atoms with van der Waals surface area (Å²) in [5, 5.41) is 2.80.